The highest BCUT2D eigenvalue weighted by Crippen LogP contribution is 2.35. The Morgan fingerprint density at radius 2 is 1.95 bits per heavy atom. The maximum Gasteiger partial charge on any atom is 0.314 e. The molecule has 1 heterocycles. The lowest BCUT2D eigenvalue weighted by molar-refractivity contribution is 0.162. The summed E-state index contributed by atoms with van der Waals surface area (Å²) in [6.45, 7) is 6.39. The van der Waals surface area contributed by atoms with Crippen LogP contribution in [0.15, 0.2) is 18.2 Å². The van der Waals surface area contributed by atoms with Crippen molar-refractivity contribution in [3.63, 3.8) is 0 Å². The van der Waals surface area contributed by atoms with E-state index in [-0.39, 0.29) is 6.03 Å². The lowest BCUT2D eigenvalue weighted by Gasteiger charge is -2.38. The summed E-state index contributed by atoms with van der Waals surface area (Å²) < 4.78 is 0. The van der Waals surface area contributed by atoms with Crippen LogP contribution in [0.3, 0.4) is 0 Å². The van der Waals surface area contributed by atoms with E-state index in [2.05, 4.69) is 32.0 Å². The van der Waals surface area contributed by atoms with Crippen LogP contribution in [-0.4, -0.2) is 30.6 Å². The Labute approximate surface area is 121 Å². The number of nitrogens with two attached hydrogens (primary N) is 2. The topological polar surface area (TPSA) is 72.3 Å². The Morgan fingerprint density at radius 3 is 2.50 bits per heavy atom. The van der Waals surface area contributed by atoms with Gasteiger partial charge >= 0.3 is 6.03 Å². The van der Waals surface area contributed by atoms with Gasteiger partial charge in [0.1, 0.15) is 0 Å². The maximum atomic E-state index is 11.5. The number of primary amides is 1. The second-order valence-electron chi connectivity index (χ2n) is 5.94. The van der Waals surface area contributed by atoms with Crippen LogP contribution in [0.5, 0.6) is 0 Å². The molecule has 4 heteroatoms. The molecular formula is C16H25N3O. The van der Waals surface area contributed by atoms with E-state index < -0.39 is 0 Å². The molecule has 2 atom stereocenters. The summed E-state index contributed by atoms with van der Waals surface area (Å²) in [6.07, 6.45) is 1.99. The van der Waals surface area contributed by atoms with E-state index in [4.69, 9.17) is 11.5 Å². The van der Waals surface area contributed by atoms with E-state index in [0.717, 1.165) is 19.4 Å². The summed E-state index contributed by atoms with van der Waals surface area (Å²) in [4.78, 5) is 13.2. The highest BCUT2D eigenvalue weighted by molar-refractivity contribution is 5.72. The summed E-state index contributed by atoms with van der Waals surface area (Å²) in [6, 6.07) is 6.32. The summed E-state index contributed by atoms with van der Waals surface area (Å²) in [7, 11) is 0. The Bertz CT molecular complexity index is 466. The minimum absolute atomic E-state index is 0.314. The van der Waals surface area contributed by atoms with Crippen molar-refractivity contribution in [3.05, 3.63) is 34.9 Å². The van der Waals surface area contributed by atoms with Crippen molar-refractivity contribution in [2.24, 2.45) is 17.4 Å². The fraction of sp³-hybridized carbons (Fsp3) is 0.562. The Morgan fingerprint density at radius 1 is 1.30 bits per heavy atom. The number of aryl methyl sites for hydroxylation is 2. The number of hydrogen-bond acceptors (Lipinski definition) is 2. The van der Waals surface area contributed by atoms with Gasteiger partial charge in [-0.3, -0.25) is 0 Å². The van der Waals surface area contributed by atoms with Crippen LogP contribution in [0.1, 0.15) is 35.4 Å². The molecule has 4 N–H and O–H groups in total. The molecule has 0 radical (unpaired) electrons. The number of amides is 2. The predicted molar refractivity (Wildman–Crippen MR) is 81.6 cm³/mol. The zero-order valence-corrected chi connectivity index (χ0v) is 12.4. The normalized spacial score (nSPS) is 22.9. The van der Waals surface area contributed by atoms with Gasteiger partial charge < -0.3 is 16.4 Å². The molecule has 1 aliphatic rings. The van der Waals surface area contributed by atoms with Crippen molar-refractivity contribution < 1.29 is 4.79 Å². The molecule has 110 valence electrons. The van der Waals surface area contributed by atoms with E-state index in [1.165, 1.54) is 16.7 Å². The van der Waals surface area contributed by atoms with Gasteiger partial charge in [-0.25, -0.2) is 4.79 Å². The first kappa shape index (κ1) is 14.9. The van der Waals surface area contributed by atoms with Crippen molar-refractivity contribution in [1.82, 2.24) is 4.90 Å². The van der Waals surface area contributed by atoms with Crippen LogP contribution in [0.4, 0.5) is 4.79 Å². The van der Waals surface area contributed by atoms with E-state index in [9.17, 15) is 4.79 Å². The number of carbonyl (C=O) groups excluding carboxylic acids is 1. The van der Waals surface area contributed by atoms with Gasteiger partial charge in [-0.05, 0) is 44.7 Å². The van der Waals surface area contributed by atoms with Gasteiger partial charge in [-0.2, -0.15) is 0 Å². The fourth-order valence-corrected chi connectivity index (χ4v) is 3.36. The summed E-state index contributed by atoms with van der Waals surface area (Å²) in [5, 5.41) is 0. The Balaban J connectivity index is 2.28. The molecule has 0 spiro atoms. The van der Waals surface area contributed by atoms with Crippen LogP contribution >= 0.6 is 0 Å². The van der Waals surface area contributed by atoms with Crippen molar-refractivity contribution in [2.45, 2.75) is 32.6 Å². The average Bonchev–Trinajstić information content (AvgIpc) is 2.38. The zero-order chi connectivity index (χ0) is 14.7. The van der Waals surface area contributed by atoms with Gasteiger partial charge in [0.25, 0.3) is 0 Å². The maximum absolute atomic E-state index is 11.5. The number of likely N-dealkylation sites (tertiary alicyclic amines) is 1. The first-order valence-corrected chi connectivity index (χ1v) is 7.34. The molecule has 0 aliphatic carbocycles. The molecule has 0 bridgehead atoms. The number of nitrogens with zero attached hydrogens (tertiary/aromatic N) is 1. The van der Waals surface area contributed by atoms with E-state index in [0.29, 0.717) is 24.9 Å². The highest BCUT2D eigenvalue weighted by atomic mass is 16.2. The van der Waals surface area contributed by atoms with Crippen molar-refractivity contribution in [3.8, 4) is 0 Å². The number of urea groups is 1. The van der Waals surface area contributed by atoms with Crippen LogP contribution < -0.4 is 11.5 Å². The monoisotopic (exact) mass is 275 g/mol. The first-order valence-electron chi connectivity index (χ1n) is 7.34. The third-order valence-corrected chi connectivity index (χ3v) is 4.28. The average molecular weight is 275 g/mol. The summed E-state index contributed by atoms with van der Waals surface area (Å²) >= 11 is 0. The number of hydrogen-bond donors (Lipinski definition) is 2. The van der Waals surface area contributed by atoms with Crippen LogP contribution in [0, 0.1) is 19.8 Å². The molecule has 2 amide bonds. The molecule has 1 aromatic rings. The molecular weight excluding hydrogens is 250 g/mol. The lowest BCUT2D eigenvalue weighted by Crippen LogP contribution is -2.45. The van der Waals surface area contributed by atoms with Crippen molar-refractivity contribution in [1.29, 1.82) is 0 Å². The first-order chi connectivity index (χ1) is 9.51. The van der Waals surface area contributed by atoms with Gasteiger partial charge in [0.05, 0.1) is 0 Å². The minimum Gasteiger partial charge on any atom is -0.351 e. The molecule has 1 aromatic carbocycles. The molecule has 2 unspecified atom stereocenters. The second kappa shape index (κ2) is 6.27. The molecule has 20 heavy (non-hydrogen) atoms. The third kappa shape index (κ3) is 3.31. The molecule has 4 nitrogen and oxygen atoms in total. The SMILES string of the molecule is Cc1cc(C)cc(C2CN(C(N)=O)CCC2CCN)c1. The van der Waals surface area contributed by atoms with E-state index >= 15 is 0 Å². The van der Waals surface area contributed by atoms with Crippen molar-refractivity contribution >= 4 is 6.03 Å². The van der Waals surface area contributed by atoms with E-state index in [1.807, 2.05) is 0 Å². The fourth-order valence-electron chi connectivity index (χ4n) is 3.36. The second-order valence-corrected chi connectivity index (χ2v) is 5.94. The van der Waals surface area contributed by atoms with Crippen molar-refractivity contribution in [2.75, 3.05) is 19.6 Å². The van der Waals surface area contributed by atoms with Gasteiger partial charge in [-0.1, -0.05) is 29.3 Å². The van der Waals surface area contributed by atoms with Crippen LogP contribution in [0.25, 0.3) is 0 Å². The van der Waals surface area contributed by atoms with Gasteiger partial charge in [0, 0.05) is 19.0 Å². The van der Waals surface area contributed by atoms with Crippen LogP contribution in [-0.2, 0) is 0 Å². The highest BCUT2D eigenvalue weighted by Gasteiger charge is 2.31. The number of benzene rings is 1. The molecule has 2 rings (SSSR count). The molecule has 1 fully saturated rings. The van der Waals surface area contributed by atoms with Gasteiger partial charge in [0.2, 0.25) is 0 Å². The number of carbonyl (C=O) groups is 1. The quantitative estimate of drug-likeness (QED) is 0.887. The minimum atomic E-state index is -0.314. The number of rotatable bonds is 3. The third-order valence-electron chi connectivity index (χ3n) is 4.28. The Hall–Kier alpha value is -1.55. The number of piperidine rings is 1. The van der Waals surface area contributed by atoms with Gasteiger partial charge in [-0.15, -0.1) is 0 Å². The summed E-state index contributed by atoms with van der Waals surface area (Å²) in [5.41, 5.74) is 15.0. The molecule has 1 aliphatic heterocycles. The lowest BCUT2D eigenvalue weighted by atomic mass is 9.78. The predicted octanol–water partition coefficient (Wildman–Crippen LogP) is 2.14. The molecule has 0 saturated carbocycles. The largest absolute Gasteiger partial charge is 0.351 e. The smallest absolute Gasteiger partial charge is 0.314 e. The standard InChI is InChI=1S/C16H25N3O/c1-11-7-12(2)9-14(8-11)15-10-19(16(18)20)6-4-13(15)3-5-17/h7-9,13,15H,3-6,10,17H2,1-2H3,(H2,18,20). The summed E-state index contributed by atoms with van der Waals surface area (Å²) in [5.74, 6) is 0.884. The molecule has 1 saturated heterocycles. The zero-order valence-electron chi connectivity index (χ0n) is 12.4. The molecule has 0 aromatic heterocycles. The van der Waals surface area contributed by atoms with Gasteiger partial charge in [0.15, 0.2) is 0 Å². The van der Waals surface area contributed by atoms with E-state index in [1.54, 1.807) is 4.90 Å². The van der Waals surface area contributed by atoms with Crippen LogP contribution in [0.2, 0.25) is 0 Å². The Kier molecular flexibility index (Phi) is 4.65.